The molecule has 2 heterocycles. The number of hydrogen-bond donors (Lipinski definition) is 2. The molecule has 0 bridgehead atoms. The molecule has 0 spiro atoms. The zero-order valence-electron chi connectivity index (χ0n) is 17.8. The molecule has 2 N–H and O–H groups in total. The van der Waals surface area contributed by atoms with E-state index in [4.69, 9.17) is 4.74 Å². The summed E-state index contributed by atoms with van der Waals surface area (Å²) in [5.74, 6) is 0.579. The standard InChI is InChI=1S/C22H25N3O5S2/c1-14-9-11-25(12-10-14)22(27)20-21(26)23-18-13-17(7-8-19(18)31-20)32(28,29)24-15-3-5-16(30-2)6-4-15/h3-8,13-14,20,24H,9-12H2,1-2H3,(H,23,26)/t20-/m0/s1. The Labute approximate surface area is 191 Å². The van der Waals surface area contributed by atoms with Gasteiger partial charge in [0.1, 0.15) is 5.75 Å². The molecule has 10 heteroatoms. The van der Waals surface area contributed by atoms with Crippen LogP contribution in [0, 0.1) is 5.92 Å². The highest BCUT2D eigenvalue weighted by Gasteiger charge is 2.37. The van der Waals surface area contributed by atoms with Crippen molar-refractivity contribution in [1.82, 2.24) is 4.90 Å². The third-order valence-corrected chi connectivity index (χ3v) is 8.30. The van der Waals surface area contributed by atoms with Crippen LogP contribution in [0.4, 0.5) is 11.4 Å². The number of anilines is 2. The van der Waals surface area contributed by atoms with Crippen LogP contribution in [0.25, 0.3) is 0 Å². The van der Waals surface area contributed by atoms with Gasteiger partial charge in [-0.3, -0.25) is 14.3 Å². The molecule has 170 valence electrons. The average Bonchev–Trinajstić information content (AvgIpc) is 2.78. The Balaban J connectivity index is 1.50. The Morgan fingerprint density at radius 1 is 1.16 bits per heavy atom. The Morgan fingerprint density at radius 2 is 1.84 bits per heavy atom. The van der Waals surface area contributed by atoms with Crippen molar-refractivity contribution >= 4 is 45.0 Å². The molecular formula is C22H25N3O5S2. The fraction of sp³-hybridized carbons (Fsp3) is 0.364. The summed E-state index contributed by atoms with van der Waals surface area (Å²) in [6.45, 7) is 3.48. The van der Waals surface area contributed by atoms with E-state index in [0.717, 1.165) is 24.6 Å². The molecule has 2 aromatic rings. The van der Waals surface area contributed by atoms with E-state index in [9.17, 15) is 18.0 Å². The number of methoxy groups -OCH3 is 1. The summed E-state index contributed by atoms with van der Waals surface area (Å²) in [6, 6.07) is 11.0. The number of rotatable bonds is 5. The first-order chi connectivity index (χ1) is 15.3. The van der Waals surface area contributed by atoms with Crippen LogP contribution in [0.15, 0.2) is 52.3 Å². The van der Waals surface area contributed by atoms with E-state index >= 15 is 0 Å². The third-order valence-electron chi connectivity index (χ3n) is 5.66. The van der Waals surface area contributed by atoms with Crippen LogP contribution in [-0.4, -0.2) is 50.6 Å². The van der Waals surface area contributed by atoms with Gasteiger partial charge >= 0.3 is 0 Å². The molecule has 0 aliphatic carbocycles. The zero-order chi connectivity index (χ0) is 22.9. The molecule has 0 saturated carbocycles. The number of carbonyl (C=O) groups is 2. The molecule has 2 aliphatic heterocycles. The maximum absolute atomic E-state index is 12.9. The SMILES string of the molecule is COc1ccc(NS(=O)(=O)c2ccc3c(c2)NC(=O)[C@@H](C(=O)N2CCC(C)CC2)S3)cc1. The molecule has 2 aromatic carbocycles. The molecule has 1 atom stereocenters. The summed E-state index contributed by atoms with van der Waals surface area (Å²) in [4.78, 5) is 28.0. The second-order valence-electron chi connectivity index (χ2n) is 7.99. The summed E-state index contributed by atoms with van der Waals surface area (Å²) >= 11 is 1.16. The van der Waals surface area contributed by atoms with Crippen molar-refractivity contribution in [3.8, 4) is 5.75 Å². The minimum Gasteiger partial charge on any atom is -0.497 e. The van der Waals surface area contributed by atoms with Crippen molar-refractivity contribution in [2.75, 3.05) is 30.2 Å². The van der Waals surface area contributed by atoms with E-state index in [1.807, 2.05) is 0 Å². The topological polar surface area (TPSA) is 105 Å². The van der Waals surface area contributed by atoms with Crippen molar-refractivity contribution in [2.24, 2.45) is 5.92 Å². The lowest BCUT2D eigenvalue weighted by Crippen LogP contribution is -2.47. The summed E-state index contributed by atoms with van der Waals surface area (Å²) in [5, 5.41) is 1.85. The van der Waals surface area contributed by atoms with Gasteiger partial charge in [0.05, 0.1) is 17.7 Å². The monoisotopic (exact) mass is 475 g/mol. The highest BCUT2D eigenvalue weighted by molar-refractivity contribution is 8.01. The van der Waals surface area contributed by atoms with Crippen molar-refractivity contribution in [1.29, 1.82) is 0 Å². The molecule has 8 nitrogen and oxygen atoms in total. The van der Waals surface area contributed by atoms with Gasteiger partial charge in [0.2, 0.25) is 11.8 Å². The molecule has 2 amide bonds. The second-order valence-corrected chi connectivity index (χ2v) is 10.8. The van der Waals surface area contributed by atoms with Gasteiger partial charge in [-0.2, -0.15) is 0 Å². The van der Waals surface area contributed by atoms with E-state index in [1.165, 1.54) is 19.2 Å². The number of sulfonamides is 1. The van der Waals surface area contributed by atoms with Crippen LogP contribution in [0.3, 0.4) is 0 Å². The number of thioether (sulfide) groups is 1. The van der Waals surface area contributed by atoms with E-state index in [1.54, 1.807) is 35.2 Å². The predicted octanol–water partition coefficient (Wildman–Crippen LogP) is 3.17. The first-order valence-corrected chi connectivity index (χ1v) is 12.7. The molecule has 0 radical (unpaired) electrons. The molecule has 4 rings (SSSR count). The van der Waals surface area contributed by atoms with Gasteiger partial charge in [0, 0.05) is 23.7 Å². The largest absolute Gasteiger partial charge is 0.497 e. The van der Waals surface area contributed by atoms with Gasteiger partial charge in [-0.15, -0.1) is 11.8 Å². The maximum atomic E-state index is 12.9. The predicted molar refractivity (Wildman–Crippen MR) is 123 cm³/mol. The maximum Gasteiger partial charge on any atom is 0.261 e. The number of nitrogens with one attached hydrogen (secondary N) is 2. The Morgan fingerprint density at radius 3 is 2.50 bits per heavy atom. The quantitative estimate of drug-likeness (QED) is 0.644. The average molecular weight is 476 g/mol. The lowest BCUT2D eigenvalue weighted by molar-refractivity contribution is -0.135. The summed E-state index contributed by atoms with van der Waals surface area (Å²) in [7, 11) is -2.33. The van der Waals surface area contributed by atoms with Gasteiger partial charge in [-0.1, -0.05) is 6.92 Å². The van der Waals surface area contributed by atoms with Crippen LogP contribution < -0.4 is 14.8 Å². The van der Waals surface area contributed by atoms with Crippen molar-refractivity contribution in [2.45, 2.75) is 34.8 Å². The second kappa shape index (κ2) is 9.03. The first-order valence-electron chi connectivity index (χ1n) is 10.3. The molecule has 0 unspecified atom stereocenters. The van der Waals surface area contributed by atoms with Gasteiger partial charge in [-0.05, 0) is 61.2 Å². The number of nitrogens with zero attached hydrogens (tertiary/aromatic N) is 1. The van der Waals surface area contributed by atoms with Crippen LogP contribution in [-0.2, 0) is 19.6 Å². The van der Waals surface area contributed by atoms with Crippen molar-refractivity contribution in [3.63, 3.8) is 0 Å². The minimum atomic E-state index is -3.86. The Hall–Kier alpha value is -2.72. The number of hydrogen-bond acceptors (Lipinski definition) is 6. The fourth-order valence-corrected chi connectivity index (χ4v) is 5.82. The van der Waals surface area contributed by atoms with Gasteiger partial charge in [0.25, 0.3) is 10.0 Å². The Bertz CT molecular complexity index is 1130. The number of fused-ring (bicyclic) bond motifs is 1. The van der Waals surface area contributed by atoms with E-state index < -0.39 is 21.2 Å². The highest BCUT2D eigenvalue weighted by atomic mass is 32.2. The molecule has 32 heavy (non-hydrogen) atoms. The van der Waals surface area contributed by atoms with Gasteiger partial charge in [-0.25, -0.2) is 8.42 Å². The number of piperidine rings is 1. The zero-order valence-corrected chi connectivity index (χ0v) is 19.5. The lowest BCUT2D eigenvalue weighted by Gasteiger charge is -2.33. The molecule has 2 aliphatic rings. The number of likely N-dealkylation sites (tertiary alicyclic amines) is 1. The normalized spacial score (nSPS) is 19.1. The number of carbonyl (C=O) groups excluding carboxylic acids is 2. The van der Waals surface area contributed by atoms with Crippen molar-refractivity contribution in [3.05, 3.63) is 42.5 Å². The van der Waals surface area contributed by atoms with Crippen molar-refractivity contribution < 1.29 is 22.7 Å². The Kier molecular flexibility index (Phi) is 6.34. The van der Waals surface area contributed by atoms with Crippen LogP contribution in [0.5, 0.6) is 5.75 Å². The molecular weight excluding hydrogens is 450 g/mol. The lowest BCUT2D eigenvalue weighted by atomic mass is 9.99. The number of ether oxygens (including phenoxy) is 1. The van der Waals surface area contributed by atoms with Gasteiger partial charge in [0.15, 0.2) is 5.25 Å². The summed E-state index contributed by atoms with van der Waals surface area (Å²) in [5.41, 5.74) is 0.775. The smallest absolute Gasteiger partial charge is 0.261 e. The molecule has 1 fully saturated rings. The highest BCUT2D eigenvalue weighted by Crippen LogP contribution is 2.38. The summed E-state index contributed by atoms with van der Waals surface area (Å²) in [6.07, 6.45) is 1.87. The first kappa shape index (κ1) is 22.5. The van der Waals surface area contributed by atoms with E-state index in [2.05, 4.69) is 17.0 Å². The number of amides is 2. The van der Waals surface area contributed by atoms with Gasteiger partial charge < -0.3 is 15.0 Å². The third kappa shape index (κ3) is 4.71. The van der Waals surface area contributed by atoms with Crippen LogP contribution in [0.2, 0.25) is 0 Å². The number of benzene rings is 2. The van der Waals surface area contributed by atoms with E-state index in [-0.39, 0.29) is 10.8 Å². The minimum absolute atomic E-state index is 0.0164. The molecule has 1 saturated heterocycles. The fourth-order valence-electron chi connectivity index (χ4n) is 3.69. The van der Waals surface area contributed by atoms with E-state index in [0.29, 0.717) is 41.0 Å². The molecule has 0 aromatic heterocycles. The summed E-state index contributed by atoms with van der Waals surface area (Å²) < 4.78 is 33.2. The van der Waals surface area contributed by atoms with Crippen LogP contribution in [0.1, 0.15) is 19.8 Å². The van der Waals surface area contributed by atoms with Crippen LogP contribution >= 0.6 is 11.8 Å².